The summed E-state index contributed by atoms with van der Waals surface area (Å²) < 4.78 is 0. The maximum absolute atomic E-state index is 9.41. The molecule has 1 atom stereocenters. The second-order valence-electron chi connectivity index (χ2n) is 0.476. The quantitative estimate of drug-likeness (QED) is 0.251. The zero-order valence-electron chi connectivity index (χ0n) is 2.43. The van der Waals surface area contributed by atoms with Gasteiger partial charge in [-0.15, -0.1) is 0 Å². The van der Waals surface area contributed by atoms with Gasteiger partial charge in [0.1, 0.15) is 0 Å². The van der Waals surface area contributed by atoms with Gasteiger partial charge in [0, 0.05) is 0 Å². The number of carbonyl (C=O) groups is 1. The highest BCUT2D eigenvalue weighted by molar-refractivity contribution is 7.39. The number of hydrogen-bond acceptors (Lipinski definition) is 2. The molecule has 0 rings (SSSR count). The van der Waals surface area contributed by atoms with Crippen LogP contribution < -0.4 is 5.48 Å². The van der Waals surface area contributed by atoms with Crippen LogP contribution in [0.1, 0.15) is 0 Å². The molecule has 1 unspecified atom stereocenters. The van der Waals surface area contributed by atoms with Gasteiger partial charge in [0.15, 0.2) is 0 Å². The van der Waals surface area contributed by atoms with Gasteiger partial charge in [-0.05, 0) is 9.24 Å². The van der Waals surface area contributed by atoms with E-state index in [9.17, 15) is 4.79 Å². The third-order valence-corrected chi connectivity index (χ3v) is 0.239. The molecule has 0 spiro atoms. The van der Waals surface area contributed by atoms with Crippen molar-refractivity contribution in [3.63, 3.8) is 0 Å². The fourth-order valence-corrected chi connectivity index (χ4v) is 0. The van der Waals surface area contributed by atoms with Crippen LogP contribution in [0.5, 0.6) is 0 Å². The molecule has 3 nitrogen and oxygen atoms in total. The highest BCUT2D eigenvalue weighted by Crippen LogP contribution is 1.75. The van der Waals surface area contributed by atoms with Crippen molar-refractivity contribution >= 4 is 14.9 Å². The maximum atomic E-state index is 9.41. The molecule has 0 fully saturated rings. The van der Waals surface area contributed by atoms with E-state index in [-0.39, 0.29) is 0 Å². The molecule has 5 heavy (non-hydrogen) atoms. The van der Waals surface area contributed by atoms with E-state index in [0.717, 1.165) is 0 Å². The Morgan fingerprint density at radius 3 is 2.20 bits per heavy atom. The van der Waals surface area contributed by atoms with Gasteiger partial charge in [0.25, 0.3) is 5.65 Å². The summed E-state index contributed by atoms with van der Waals surface area (Å²) in [6.07, 6.45) is 0. The van der Waals surface area contributed by atoms with Gasteiger partial charge >= 0.3 is 0 Å². The molecule has 0 bridgehead atoms. The molecule has 0 aliphatic rings. The predicted molar refractivity (Wildman–Crippen MR) is 20.0 cm³/mol. The van der Waals surface area contributed by atoms with Crippen LogP contribution in [-0.4, -0.2) is 10.9 Å². The Hall–Kier alpha value is -0.140. The van der Waals surface area contributed by atoms with E-state index in [1.807, 2.05) is 0 Å². The third-order valence-electron chi connectivity index (χ3n) is 0.110. The van der Waals surface area contributed by atoms with Gasteiger partial charge in [-0.3, -0.25) is 10.0 Å². The first kappa shape index (κ1) is 4.86. The fourth-order valence-electron chi connectivity index (χ4n) is 0. The van der Waals surface area contributed by atoms with Crippen molar-refractivity contribution in [3.05, 3.63) is 0 Å². The van der Waals surface area contributed by atoms with Gasteiger partial charge in [0.05, 0.1) is 0 Å². The Morgan fingerprint density at radius 2 is 2.20 bits per heavy atom. The van der Waals surface area contributed by atoms with Crippen LogP contribution in [0, 0.1) is 0 Å². The van der Waals surface area contributed by atoms with Crippen LogP contribution in [0.15, 0.2) is 0 Å². The standard InChI is InChI=1S/CH4NO2P/c3-1(5)2-4/h4H,5H2,(H,2,3). The summed E-state index contributed by atoms with van der Waals surface area (Å²) in [5.41, 5.74) is 0.829. The molecule has 4 heteroatoms. The van der Waals surface area contributed by atoms with Gasteiger partial charge in [-0.1, -0.05) is 0 Å². The van der Waals surface area contributed by atoms with E-state index < -0.39 is 5.65 Å². The van der Waals surface area contributed by atoms with Crippen LogP contribution in [0.25, 0.3) is 0 Å². The average molecular weight is 93.0 g/mol. The Kier molecular flexibility index (Phi) is 2.06. The highest BCUT2D eigenvalue weighted by Gasteiger charge is 1.74. The monoisotopic (exact) mass is 93.0 g/mol. The summed E-state index contributed by atoms with van der Waals surface area (Å²) >= 11 is 0. The van der Waals surface area contributed by atoms with E-state index in [2.05, 4.69) is 0 Å². The lowest BCUT2D eigenvalue weighted by atomic mass is 11.4. The van der Waals surface area contributed by atoms with Crippen LogP contribution in [-0.2, 0) is 0 Å². The first-order valence-electron chi connectivity index (χ1n) is 0.966. The van der Waals surface area contributed by atoms with Crippen LogP contribution in [0.4, 0.5) is 4.79 Å². The number of amides is 1. The van der Waals surface area contributed by atoms with E-state index in [4.69, 9.17) is 5.21 Å². The number of hydrogen-bond donors (Lipinski definition) is 2. The Labute approximate surface area is 31.5 Å². The van der Waals surface area contributed by atoms with Crippen molar-refractivity contribution in [3.8, 4) is 0 Å². The minimum Gasteiger partial charge on any atom is -0.288 e. The van der Waals surface area contributed by atoms with Crippen molar-refractivity contribution < 1.29 is 10.0 Å². The largest absolute Gasteiger partial charge is 0.288 e. The van der Waals surface area contributed by atoms with Crippen molar-refractivity contribution in [1.82, 2.24) is 5.48 Å². The molecule has 30 valence electrons. The minimum absolute atomic E-state index is 0.523. The topological polar surface area (TPSA) is 49.3 Å². The third kappa shape index (κ3) is 3.86. The molecular weight excluding hydrogens is 89.0 g/mol. The fraction of sp³-hybridized carbons (Fsp3) is 0. The zero-order chi connectivity index (χ0) is 4.28. The number of hydroxylamine groups is 1. The van der Waals surface area contributed by atoms with E-state index >= 15 is 0 Å². The first-order valence-corrected chi connectivity index (χ1v) is 1.54. The van der Waals surface area contributed by atoms with Gasteiger partial charge < -0.3 is 0 Å². The van der Waals surface area contributed by atoms with Crippen molar-refractivity contribution in [2.75, 3.05) is 0 Å². The number of rotatable bonds is 0. The zero-order valence-corrected chi connectivity index (χ0v) is 3.59. The molecule has 1 amide bonds. The molecule has 0 aromatic carbocycles. The number of nitrogens with one attached hydrogen (secondary N) is 1. The van der Waals surface area contributed by atoms with Gasteiger partial charge in [-0.2, -0.15) is 0 Å². The normalized spacial score (nSPS) is 6.80. The number of carbonyl (C=O) groups excluding carboxylic acids is 1. The van der Waals surface area contributed by atoms with Gasteiger partial charge in [0.2, 0.25) is 0 Å². The summed E-state index contributed by atoms with van der Waals surface area (Å²) in [5, 5.41) is 7.52. The highest BCUT2D eigenvalue weighted by atomic mass is 31.0. The predicted octanol–water partition coefficient (Wildman–Crippen LogP) is -0.0397. The summed E-state index contributed by atoms with van der Waals surface area (Å²) in [6, 6.07) is 0. The minimum atomic E-state index is -0.523. The maximum Gasteiger partial charge on any atom is 0.257 e. The summed E-state index contributed by atoms with van der Waals surface area (Å²) in [6.45, 7) is 0. The second kappa shape index (κ2) is 2.12. The lowest BCUT2D eigenvalue weighted by molar-refractivity contribution is 0.180. The summed E-state index contributed by atoms with van der Waals surface area (Å²) in [5.74, 6) is 0. The van der Waals surface area contributed by atoms with Crippen molar-refractivity contribution in [2.24, 2.45) is 0 Å². The molecular formula is CH4NO2P. The molecule has 0 saturated heterocycles. The lowest BCUT2D eigenvalue weighted by Gasteiger charge is -1.78. The van der Waals surface area contributed by atoms with E-state index in [0.29, 0.717) is 0 Å². The van der Waals surface area contributed by atoms with Crippen LogP contribution in [0.2, 0.25) is 0 Å². The lowest BCUT2D eigenvalue weighted by Crippen LogP contribution is -2.07. The average Bonchev–Trinajstić information content (AvgIpc) is 1.38. The first-order chi connectivity index (χ1) is 2.27. The van der Waals surface area contributed by atoms with E-state index in [1.54, 1.807) is 9.24 Å². The Bertz CT molecular complexity index is 44.9. The summed E-state index contributed by atoms with van der Waals surface area (Å²) in [4.78, 5) is 9.41. The molecule has 0 saturated carbocycles. The molecule has 0 aliphatic carbocycles. The molecule has 0 aromatic rings. The molecule has 0 aliphatic heterocycles. The van der Waals surface area contributed by atoms with Crippen molar-refractivity contribution in [2.45, 2.75) is 0 Å². The molecule has 0 radical (unpaired) electrons. The smallest absolute Gasteiger partial charge is 0.257 e. The SMILES string of the molecule is O=C(P)NO. The van der Waals surface area contributed by atoms with Gasteiger partial charge in [-0.25, -0.2) is 5.48 Å². The molecule has 2 N–H and O–H groups in total. The Balaban J connectivity index is 2.85. The molecule has 0 aromatic heterocycles. The van der Waals surface area contributed by atoms with Crippen molar-refractivity contribution in [1.29, 1.82) is 0 Å². The van der Waals surface area contributed by atoms with E-state index in [1.165, 1.54) is 5.48 Å². The summed E-state index contributed by atoms with van der Waals surface area (Å²) in [7, 11) is 1.73. The second-order valence-corrected chi connectivity index (χ2v) is 1.00. The Morgan fingerprint density at radius 1 is 2.00 bits per heavy atom. The molecule has 0 heterocycles. The van der Waals surface area contributed by atoms with Crippen LogP contribution in [0.3, 0.4) is 0 Å². The van der Waals surface area contributed by atoms with Crippen LogP contribution >= 0.6 is 9.24 Å².